The SMILES string of the molecule is C=CCNC(=S)NN=Cc1cccc(OCC)c1O. The Kier molecular flexibility index (Phi) is 6.38. The molecule has 0 aromatic heterocycles. The van der Waals surface area contributed by atoms with Crippen molar-refractivity contribution >= 4 is 23.5 Å². The number of hydrogen-bond acceptors (Lipinski definition) is 4. The van der Waals surface area contributed by atoms with E-state index in [1.165, 1.54) is 6.21 Å². The molecule has 0 aliphatic heterocycles. The lowest BCUT2D eigenvalue weighted by Crippen LogP contribution is -2.31. The predicted octanol–water partition coefficient (Wildman–Crippen LogP) is 1.77. The maximum absolute atomic E-state index is 9.92. The number of aromatic hydroxyl groups is 1. The molecule has 0 unspecified atom stereocenters. The lowest BCUT2D eigenvalue weighted by atomic mass is 10.2. The third kappa shape index (κ3) is 4.97. The van der Waals surface area contributed by atoms with Gasteiger partial charge in [0.05, 0.1) is 12.8 Å². The molecule has 0 saturated heterocycles. The molecular formula is C13H17N3O2S. The molecular weight excluding hydrogens is 262 g/mol. The number of thiocarbonyl (C=S) groups is 1. The van der Waals surface area contributed by atoms with E-state index < -0.39 is 0 Å². The van der Waals surface area contributed by atoms with Crippen LogP contribution in [-0.4, -0.2) is 29.6 Å². The molecule has 1 rings (SSSR count). The van der Waals surface area contributed by atoms with Gasteiger partial charge in [-0.25, -0.2) is 0 Å². The molecule has 102 valence electrons. The molecule has 0 aliphatic rings. The molecule has 0 spiro atoms. The summed E-state index contributed by atoms with van der Waals surface area (Å²) in [5.74, 6) is 0.485. The van der Waals surface area contributed by atoms with Gasteiger partial charge in [0.1, 0.15) is 0 Å². The first-order chi connectivity index (χ1) is 9.19. The summed E-state index contributed by atoms with van der Waals surface area (Å²) in [6.45, 7) is 6.47. The largest absolute Gasteiger partial charge is 0.504 e. The minimum Gasteiger partial charge on any atom is -0.504 e. The van der Waals surface area contributed by atoms with E-state index in [0.717, 1.165) is 0 Å². The normalized spacial score (nSPS) is 10.2. The number of phenolic OH excluding ortho intramolecular Hbond substituents is 1. The van der Waals surface area contributed by atoms with Crippen LogP contribution >= 0.6 is 12.2 Å². The average molecular weight is 279 g/mol. The van der Waals surface area contributed by atoms with Crippen LogP contribution in [0.15, 0.2) is 36.0 Å². The van der Waals surface area contributed by atoms with E-state index in [1.54, 1.807) is 24.3 Å². The van der Waals surface area contributed by atoms with Gasteiger partial charge in [0.2, 0.25) is 0 Å². The van der Waals surface area contributed by atoms with Crippen molar-refractivity contribution < 1.29 is 9.84 Å². The first-order valence-electron chi connectivity index (χ1n) is 5.81. The maximum Gasteiger partial charge on any atom is 0.187 e. The van der Waals surface area contributed by atoms with Gasteiger partial charge in [0.15, 0.2) is 16.6 Å². The van der Waals surface area contributed by atoms with Gasteiger partial charge >= 0.3 is 0 Å². The van der Waals surface area contributed by atoms with Gasteiger partial charge in [-0.1, -0.05) is 12.1 Å². The van der Waals surface area contributed by atoms with E-state index in [1.807, 2.05) is 6.92 Å². The van der Waals surface area contributed by atoms with Crippen LogP contribution in [0.3, 0.4) is 0 Å². The highest BCUT2D eigenvalue weighted by atomic mass is 32.1. The fourth-order valence-corrected chi connectivity index (χ4v) is 1.42. The quantitative estimate of drug-likeness (QED) is 0.320. The van der Waals surface area contributed by atoms with Gasteiger partial charge in [-0.15, -0.1) is 6.58 Å². The first kappa shape index (κ1) is 15.0. The van der Waals surface area contributed by atoms with E-state index >= 15 is 0 Å². The molecule has 3 N–H and O–H groups in total. The monoisotopic (exact) mass is 279 g/mol. The summed E-state index contributed by atoms with van der Waals surface area (Å²) in [5.41, 5.74) is 3.18. The molecule has 0 atom stereocenters. The van der Waals surface area contributed by atoms with Crippen LogP contribution in [0.25, 0.3) is 0 Å². The van der Waals surface area contributed by atoms with Crippen LogP contribution in [0.4, 0.5) is 0 Å². The smallest absolute Gasteiger partial charge is 0.187 e. The zero-order chi connectivity index (χ0) is 14.1. The molecule has 19 heavy (non-hydrogen) atoms. The summed E-state index contributed by atoms with van der Waals surface area (Å²) in [6, 6.07) is 5.20. The molecule has 1 aromatic carbocycles. The summed E-state index contributed by atoms with van der Waals surface area (Å²) in [4.78, 5) is 0. The minimum atomic E-state index is 0.0554. The number of para-hydroxylation sites is 1. The van der Waals surface area contributed by atoms with Gasteiger partial charge in [-0.05, 0) is 31.3 Å². The van der Waals surface area contributed by atoms with E-state index in [9.17, 15) is 5.11 Å². The van der Waals surface area contributed by atoms with E-state index in [2.05, 4.69) is 22.4 Å². The summed E-state index contributed by atoms with van der Waals surface area (Å²) in [7, 11) is 0. The molecule has 1 aromatic rings. The number of benzene rings is 1. The Hall–Kier alpha value is -2.08. The fraction of sp³-hybridized carbons (Fsp3) is 0.231. The van der Waals surface area contributed by atoms with Gasteiger partial charge in [-0.3, -0.25) is 5.43 Å². The molecule has 5 nitrogen and oxygen atoms in total. The molecule has 0 saturated carbocycles. The van der Waals surface area contributed by atoms with E-state index in [0.29, 0.717) is 29.6 Å². The van der Waals surface area contributed by atoms with Crippen LogP contribution in [0.1, 0.15) is 12.5 Å². The van der Waals surface area contributed by atoms with Gasteiger partial charge < -0.3 is 15.2 Å². The zero-order valence-corrected chi connectivity index (χ0v) is 11.5. The van der Waals surface area contributed by atoms with Crippen LogP contribution in [0.5, 0.6) is 11.5 Å². The minimum absolute atomic E-state index is 0.0554. The standard InChI is InChI=1S/C13H17N3O2S/c1-3-8-14-13(19)16-15-9-10-6-5-7-11(12(10)17)18-4-2/h3,5-7,9,17H,1,4,8H2,2H3,(H2,14,16,19). The van der Waals surface area contributed by atoms with E-state index in [-0.39, 0.29) is 5.75 Å². The highest BCUT2D eigenvalue weighted by molar-refractivity contribution is 7.80. The number of phenols is 1. The molecule has 6 heteroatoms. The van der Waals surface area contributed by atoms with Crippen molar-refractivity contribution in [1.29, 1.82) is 0 Å². The van der Waals surface area contributed by atoms with Crippen molar-refractivity contribution in [2.75, 3.05) is 13.2 Å². The third-order valence-corrected chi connectivity index (χ3v) is 2.34. The molecule has 0 bridgehead atoms. The lowest BCUT2D eigenvalue weighted by Gasteiger charge is -2.07. The summed E-state index contributed by atoms with van der Waals surface area (Å²) < 4.78 is 5.28. The Labute approximate surface area is 118 Å². The number of nitrogens with one attached hydrogen (secondary N) is 2. The van der Waals surface area contributed by atoms with Gasteiger partial charge in [-0.2, -0.15) is 5.10 Å². The second-order valence-electron chi connectivity index (χ2n) is 3.50. The number of hydrazone groups is 1. The number of nitrogens with zero attached hydrogens (tertiary/aromatic N) is 1. The highest BCUT2D eigenvalue weighted by Crippen LogP contribution is 2.28. The van der Waals surface area contributed by atoms with Crippen molar-refractivity contribution in [3.8, 4) is 11.5 Å². The second-order valence-corrected chi connectivity index (χ2v) is 3.90. The van der Waals surface area contributed by atoms with Crippen LogP contribution in [0, 0.1) is 0 Å². The van der Waals surface area contributed by atoms with Crippen molar-refractivity contribution in [3.05, 3.63) is 36.4 Å². The van der Waals surface area contributed by atoms with Crippen molar-refractivity contribution in [2.45, 2.75) is 6.92 Å². The Balaban J connectivity index is 2.63. The zero-order valence-electron chi connectivity index (χ0n) is 10.7. The van der Waals surface area contributed by atoms with Crippen LogP contribution < -0.4 is 15.5 Å². The predicted molar refractivity (Wildman–Crippen MR) is 80.8 cm³/mol. The second kappa shape index (κ2) is 8.10. The Morgan fingerprint density at radius 2 is 2.37 bits per heavy atom. The summed E-state index contributed by atoms with van der Waals surface area (Å²) in [6.07, 6.45) is 3.16. The summed E-state index contributed by atoms with van der Waals surface area (Å²) >= 11 is 4.96. The Morgan fingerprint density at radius 1 is 1.58 bits per heavy atom. The van der Waals surface area contributed by atoms with Crippen molar-refractivity contribution in [2.24, 2.45) is 5.10 Å². The van der Waals surface area contributed by atoms with Crippen molar-refractivity contribution in [3.63, 3.8) is 0 Å². The Bertz CT molecular complexity index is 475. The molecule has 0 heterocycles. The topological polar surface area (TPSA) is 65.9 Å². The molecule has 0 fully saturated rings. The maximum atomic E-state index is 9.92. The van der Waals surface area contributed by atoms with Crippen molar-refractivity contribution in [1.82, 2.24) is 10.7 Å². The Morgan fingerprint density at radius 3 is 3.05 bits per heavy atom. The van der Waals surface area contributed by atoms with E-state index in [4.69, 9.17) is 17.0 Å². The first-order valence-corrected chi connectivity index (χ1v) is 6.22. The third-order valence-electron chi connectivity index (χ3n) is 2.11. The molecule has 0 amide bonds. The highest BCUT2D eigenvalue weighted by Gasteiger charge is 2.05. The van der Waals surface area contributed by atoms with Crippen LogP contribution in [-0.2, 0) is 0 Å². The average Bonchev–Trinajstić information content (AvgIpc) is 2.41. The molecule has 0 radical (unpaired) electrons. The number of hydrogen-bond donors (Lipinski definition) is 3. The number of ether oxygens (including phenoxy) is 1. The lowest BCUT2D eigenvalue weighted by molar-refractivity contribution is 0.318. The summed E-state index contributed by atoms with van der Waals surface area (Å²) in [5, 5.41) is 17.1. The van der Waals surface area contributed by atoms with Gasteiger partial charge in [0.25, 0.3) is 0 Å². The molecule has 0 aliphatic carbocycles. The van der Waals surface area contributed by atoms with Gasteiger partial charge in [0, 0.05) is 12.1 Å². The van der Waals surface area contributed by atoms with Crippen LogP contribution in [0.2, 0.25) is 0 Å². The fourth-order valence-electron chi connectivity index (χ4n) is 1.28. The number of rotatable bonds is 6.